The van der Waals surface area contributed by atoms with E-state index in [4.69, 9.17) is 14.2 Å². The third-order valence-corrected chi connectivity index (χ3v) is 5.79. The first kappa shape index (κ1) is 21.5. The number of carbonyl (C=O) groups is 3. The highest BCUT2D eigenvalue weighted by Gasteiger charge is 2.41. The average molecular weight is 439 g/mol. The minimum atomic E-state index is -0.939. The van der Waals surface area contributed by atoms with Crippen LogP contribution in [-0.4, -0.2) is 56.7 Å². The maximum absolute atomic E-state index is 13.0. The van der Waals surface area contributed by atoms with E-state index < -0.39 is 18.0 Å². The number of nitrogens with one attached hydrogen (secondary N) is 1. The van der Waals surface area contributed by atoms with Gasteiger partial charge in [0.1, 0.15) is 6.04 Å². The van der Waals surface area contributed by atoms with E-state index in [2.05, 4.69) is 11.4 Å². The third kappa shape index (κ3) is 3.81. The number of hydrogen-bond acceptors (Lipinski definition) is 6. The topological polar surface area (TPSA) is 97.4 Å². The van der Waals surface area contributed by atoms with Crippen molar-refractivity contribution >= 4 is 23.5 Å². The Hall–Kier alpha value is -3.75. The van der Waals surface area contributed by atoms with Crippen LogP contribution in [0.3, 0.4) is 0 Å². The molecule has 1 atom stereocenters. The van der Waals surface area contributed by atoms with Crippen molar-refractivity contribution < 1.29 is 28.6 Å². The van der Waals surface area contributed by atoms with Crippen LogP contribution in [0.2, 0.25) is 0 Å². The van der Waals surface area contributed by atoms with E-state index in [0.717, 1.165) is 16.9 Å². The monoisotopic (exact) mass is 439 g/mol. The van der Waals surface area contributed by atoms with E-state index in [-0.39, 0.29) is 18.0 Å². The van der Waals surface area contributed by atoms with Crippen molar-refractivity contribution in [2.24, 2.45) is 0 Å². The van der Waals surface area contributed by atoms with Crippen molar-refractivity contribution in [1.29, 1.82) is 0 Å². The van der Waals surface area contributed by atoms with Crippen LogP contribution in [0, 0.1) is 0 Å². The second-order valence-corrected chi connectivity index (χ2v) is 7.60. The van der Waals surface area contributed by atoms with Gasteiger partial charge >= 0.3 is 6.03 Å². The summed E-state index contributed by atoms with van der Waals surface area (Å²) in [6.45, 7) is 1.09. The summed E-state index contributed by atoms with van der Waals surface area (Å²) in [5.74, 6) is 0.297. The molecule has 9 heteroatoms. The molecule has 1 N–H and O–H groups in total. The standard InChI is InChI=1S/C23H25N3O6/c1-30-18-10-16(11-19(31-2)21(18)32-3)26-22(28)17(24-23(26)29)12-20(27)25-9-8-14-6-4-5-7-15(14)13-25/h4-7,10-11,17H,8-9,12-13H2,1-3H3,(H,24,29). The quantitative estimate of drug-likeness (QED) is 0.693. The SMILES string of the molecule is COc1cc(N2C(=O)NC(CC(=O)N3CCc4ccccc4C3)C2=O)cc(OC)c1OC. The van der Waals surface area contributed by atoms with E-state index in [1.807, 2.05) is 18.2 Å². The molecule has 1 saturated heterocycles. The van der Waals surface area contributed by atoms with Gasteiger partial charge in [0.25, 0.3) is 5.91 Å². The predicted octanol–water partition coefficient (Wildman–Crippen LogP) is 2.11. The van der Waals surface area contributed by atoms with E-state index in [1.165, 1.54) is 39.0 Å². The van der Waals surface area contributed by atoms with Crippen LogP contribution in [0.15, 0.2) is 36.4 Å². The molecule has 2 heterocycles. The lowest BCUT2D eigenvalue weighted by atomic mass is 9.99. The van der Waals surface area contributed by atoms with Gasteiger partial charge in [0.15, 0.2) is 11.5 Å². The number of anilines is 1. The average Bonchev–Trinajstić information content (AvgIpc) is 3.09. The highest BCUT2D eigenvalue weighted by atomic mass is 16.5. The Morgan fingerprint density at radius 3 is 2.31 bits per heavy atom. The number of imide groups is 1. The molecule has 0 spiro atoms. The molecule has 2 aliphatic rings. The number of rotatable bonds is 6. The molecule has 0 saturated carbocycles. The fraction of sp³-hybridized carbons (Fsp3) is 0.348. The highest BCUT2D eigenvalue weighted by Crippen LogP contribution is 2.41. The van der Waals surface area contributed by atoms with Crippen molar-refractivity contribution in [3.05, 3.63) is 47.5 Å². The number of amides is 4. The molecule has 2 aromatic rings. The number of methoxy groups -OCH3 is 3. The minimum Gasteiger partial charge on any atom is -0.493 e. The van der Waals surface area contributed by atoms with E-state index in [1.54, 1.807) is 4.90 Å². The van der Waals surface area contributed by atoms with Crippen molar-refractivity contribution in [2.75, 3.05) is 32.8 Å². The van der Waals surface area contributed by atoms with Gasteiger partial charge in [-0.15, -0.1) is 0 Å². The Kier molecular flexibility index (Phi) is 5.89. The molecule has 4 amide bonds. The van der Waals surface area contributed by atoms with Crippen molar-refractivity contribution in [3.63, 3.8) is 0 Å². The Morgan fingerprint density at radius 2 is 1.69 bits per heavy atom. The molecule has 1 unspecified atom stereocenters. The lowest BCUT2D eigenvalue weighted by Gasteiger charge is -2.29. The summed E-state index contributed by atoms with van der Waals surface area (Å²) in [4.78, 5) is 41.3. The normalized spacial score (nSPS) is 17.7. The Bertz CT molecular complexity index is 1040. The maximum Gasteiger partial charge on any atom is 0.329 e. The van der Waals surface area contributed by atoms with Crippen LogP contribution in [0.1, 0.15) is 17.5 Å². The van der Waals surface area contributed by atoms with Gasteiger partial charge in [0, 0.05) is 25.2 Å². The fourth-order valence-electron chi connectivity index (χ4n) is 4.12. The van der Waals surface area contributed by atoms with Crippen LogP contribution < -0.4 is 24.4 Å². The second kappa shape index (κ2) is 8.78. The molecule has 0 aliphatic carbocycles. The molecule has 4 rings (SSSR count). The minimum absolute atomic E-state index is 0.104. The molecule has 9 nitrogen and oxygen atoms in total. The molecule has 0 aromatic heterocycles. The molecular formula is C23H25N3O6. The van der Waals surface area contributed by atoms with Crippen LogP contribution in [-0.2, 0) is 22.6 Å². The molecular weight excluding hydrogens is 414 g/mol. The Morgan fingerprint density at radius 1 is 1.03 bits per heavy atom. The lowest BCUT2D eigenvalue weighted by Crippen LogP contribution is -2.41. The van der Waals surface area contributed by atoms with Gasteiger partial charge in [-0.25, -0.2) is 9.69 Å². The first-order valence-electron chi connectivity index (χ1n) is 10.3. The summed E-state index contributed by atoms with van der Waals surface area (Å²) in [5.41, 5.74) is 2.60. The summed E-state index contributed by atoms with van der Waals surface area (Å²) >= 11 is 0. The predicted molar refractivity (Wildman–Crippen MR) is 116 cm³/mol. The Labute approximate surface area is 185 Å². The fourth-order valence-corrected chi connectivity index (χ4v) is 4.12. The van der Waals surface area contributed by atoms with Gasteiger partial charge in [0.2, 0.25) is 11.7 Å². The molecule has 2 aromatic carbocycles. The summed E-state index contributed by atoms with van der Waals surface area (Å²) in [5, 5.41) is 2.62. The number of benzene rings is 2. The smallest absolute Gasteiger partial charge is 0.329 e. The number of carbonyl (C=O) groups excluding carboxylic acids is 3. The summed E-state index contributed by atoms with van der Waals surface area (Å²) < 4.78 is 15.9. The second-order valence-electron chi connectivity index (χ2n) is 7.60. The maximum atomic E-state index is 13.0. The third-order valence-electron chi connectivity index (χ3n) is 5.79. The molecule has 0 bridgehead atoms. The van der Waals surface area contributed by atoms with Crippen molar-refractivity contribution in [2.45, 2.75) is 25.4 Å². The van der Waals surface area contributed by atoms with Gasteiger partial charge in [-0.3, -0.25) is 9.59 Å². The molecule has 168 valence electrons. The van der Waals surface area contributed by atoms with Crippen LogP contribution >= 0.6 is 0 Å². The first-order chi connectivity index (χ1) is 15.5. The van der Waals surface area contributed by atoms with Gasteiger partial charge in [-0.1, -0.05) is 24.3 Å². The number of ether oxygens (including phenoxy) is 3. The number of nitrogens with zero attached hydrogens (tertiary/aromatic N) is 2. The largest absolute Gasteiger partial charge is 0.493 e. The highest BCUT2D eigenvalue weighted by molar-refractivity contribution is 6.22. The molecule has 32 heavy (non-hydrogen) atoms. The van der Waals surface area contributed by atoms with Crippen LogP contribution in [0.25, 0.3) is 0 Å². The van der Waals surface area contributed by atoms with Gasteiger partial charge in [-0.2, -0.15) is 0 Å². The summed E-state index contributed by atoms with van der Waals surface area (Å²) in [7, 11) is 4.37. The zero-order valence-electron chi connectivity index (χ0n) is 18.2. The van der Waals surface area contributed by atoms with Crippen molar-refractivity contribution in [3.8, 4) is 17.2 Å². The lowest BCUT2D eigenvalue weighted by molar-refractivity contribution is -0.134. The molecule has 0 radical (unpaired) electrons. The van der Waals surface area contributed by atoms with E-state index >= 15 is 0 Å². The zero-order chi connectivity index (χ0) is 22.8. The summed E-state index contributed by atoms with van der Waals surface area (Å²) in [6.07, 6.45) is 0.665. The number of fused-ring (bicyclic) bond motifs is 1. The first-order valence-corrected chi connectivity index (χ1v) is 10.3. The molecule has 1 fully saturated rings. The Balaban J connectivity index is 1.51. The van der Waals surface area contributed by atoms with Gasteiger partial charge in [-0.05, 0) is 17.5 Å². The van der Waals surface area contributed by atoms with Gasteiger partial charge < -0.3 is 24.4 Å². The van der Waals surface area contributed by atoms with Crippen molar-refractivity contribution in [1.82, 2.24) is 10.2 Å². The van der Waals surface area contributed by atoms with Crippen LogP contribution in [0.5, 0.6) is 17.2 Å². The number of urea groups is 1. The number of hydrogen-bond donors (Lipinski definition) is 1. The molecule has 2 aliphatic heterocycles. The zero-order valence-corrected chi connectivity index (χ0v) is 18.2. The summed E-state index contributed by atoms with van der Waals surface area (Å²) in [6, 6.07) is 9.49. The van der Waals surface area contributed by atoms with E-state index in [9.17, 15) is 14.4 Å². The van der Waals surface area contributed by atoms with Gasteiger partial charge in [0.05, 0.1) is 33.4 Å². The van der Waals surface area contributed by atoms with Crippen LogP contribution in [0.4, 0.5) is 10.5 Å². The van der Waals surface area contributed by atoms with E-state index in [0.29, 0.717) is 30.3 Å².